The molecule has 136 valence electrons. The van der Waals surface area contributed by atoms with Gasteiger partial charge in [-0.3, -0.25) is 19.7 Å². The number of nitrogens with one attached hydrogen (secondary N) is 2. The van der Waals surface area contributed by atoms with Gasteiger partial charge in [0.25, 0.3) is 17.5 Å². The maximum atomic E-state index is 12.5. The van der Waals surface area contributed by atoms with Gasteiger partial charge in [0, 0.05) is 18.7 Å². The number of hydrogen-bond acceptors (Lipinski definition) is 4. The van der Waals surface area contributed by atoms with E-state index in [1.807, 2.05) is 6.92 Å². The number of benzene rings is 2. The van der Waals surface area contributed by atoms with Crippen molar-refractivity contribution in [1.29, 1.82) is 0 Å². The van der Waals surface area contributed by atoms with Gasteiger partial charge in [-0.25, -0.2) is 0 Å². The fraction of sp³-hybridized carbons (Fsp3) is 0.222. The van der Waals surface area contributed by atoms with Crippen molar-refractivity contribution in [2.45, 2.75) is 19.8 Å². The van der Waals surface area contributed by atoms with Gasteiger partial charge in [0.05, 0.1) is 26.8 Å². The maximum absolute atomic E-state index is 12.5. The molecule has 0 atom stereocenters. The number of non-ortho nitro benzene ring substituents is 1. The van der Waals surface area contributed by atoms with Crippen LogP contribution >= 0.6 is 11.6 Å². The van der Waals surface area contributed by atoms with Crippen molar-refractivity contribution in [2.75, 3.05) is 11.9 Å². The van der Waals surface area contributed by atoms with E-state index in [1.54, 1.807) is 24.3 Å². The van der Waals surface area contributed by atoms with Crippen LogP contribution in [0.25, 0.3) is 0 Å². The maximum Gasteiger partial charge on any atom is 0.270 e. The van der Waals surface area contributed by atoms with Gasteiger partial charge in [-0.05, 0) is 24.6 Å². The molecule has 7 nitrogen and oxygen atoms in total. The second kappa shape index (κ2) is 8.96. The molecule has 0 radical (unpaired) electrons. The number of para-hydroxylation sites is 1. The average molecular weight is 376 g/mol. The molecule has 2 aromatic rings. The highest BCUT2D eigenvalue weighted by molar-refractivity contribution is 6.34. The number of carbonyl (C=O) groups is 2. The Bertz CT molecular complexity index is 839. The van der Waals surface area contributed by atoms with Crippen molar-refractivity contribution in [3.8, 4) is 0 Å². The van der Waals surface area contributed by atoms with Crippen LogP contribution in [0.3, 0.4) is 0 Å². The summed E-state index contributed by atoms with van der Waals surface area (Å²) in [4.78, 5) is 35.1. The molecule has 2 amide bonds. The minimum Gasteiger partial charge on any atom is -0.352 e. The SMILES string of the molecule is CCCCNC(=O)c1ccccc1NC(=O)c1cc([N+](=O)[O-])ccc1Cl. The Morgan fingerprint density at radius 2 is 1.85 bits per heavy atom. The van der Waals surface area contributed by atoms with E-state index in [0.717, 1.165) is 18.9 Å². The normalized spacial score (nSPS) is 10.2. The summed E-state index contributed by atoms with van der Waals surface area (Å²) in [5.74, 6) is -0.938. The molecule has 0 saturated heterocycles. The molecule has 0 aromatic heterocycles. The predicted octanol–water partition coefficient (Wildman–Crippen LogP) is 4.03. The first-order valence-electron chi connectivity index (χ1n) is 8.06. The van der Waals surface area contributed by atoms with Crippen molar-refractivity contribution in [2.24, 2.45) is 0 Å². The molecule has 0 saturated carbocycles. The number of nitro groups is 1. The van der Waals surface area contributed by atoms with Crippen molar-refractivity contribution < 1.29 is 14.5 Å². The molecule has 0 aliphatic heterocycles. The number of carbonyl (C=O) groups excluding carboxylic acids is 2. The molecule has 26 heavy (non-hydrogen) atoms. The fourth-order valence-electron chi connectivity index (χ4n) is 2.25. The van der Waals surface area contributed by atoms with Gasteiger partial charge in [-0.2, -0.15) is 0 Å². The van der Waals surface area contributed by atoms with Gasteiger partial charge in [0.15, 0.2) is 0 Å². The van der Waals surface area contributed by atoms with Crippen LogP contribution in [0.4, 0.5) is 11.4 Å². The van der Waals surface area contributed by atoms with Crippen LogP contribution in [-0.4, -0.2) is 23.3 Å². The van der Waals surface area contributed by atoms with Crippen LogP contribution < -0.4 is 10.6 Å². The predicted molar refractivity (Wildman–Crippen MR) is 99.7 cm³/mol. The molecule has 2 aromatic carbocycles. The van der Waals surface area contributed by atoms with Gasteiger partial charge in [0.2, 0.25) is 0 Å². The van der Waals surface area contributed by atoms with Crippen molar-refractivity contribution in [3.05, 3.63) is 68.7 Å². The Hall–Kier alpha value is -2.93. The minimum atomic E-state index is -0.632. The summed E-state index contributed by atoms with van der Waals surface area (Å²) in [5, 5.41) is 16.4. The van der Waals surface area contributed by atoms with Crippen LogP contribution in [0, 0.1) is 10.1 Å². The standard InChI is InChI=1S/C18H18ClN3O4/c1-2-3-10-20-17(23)13-6-4-5-7-16(13)21-18(24)14-11-12(22(25)26)8-9-15(14)19/h4-9,11H,2-3,10H2,1H3,(H,20,23)(H,21,24). The quantitative estimate of drug-likeness (QED) is 0.433. The Morgan fingerprint density at radius 1 is 1.12 bits per heavy atom. The van der Waals surface area contributed by atoms with Crippen LogP contribution in [0.1, 0.15) is 40.5 Å². The van der Waals surface area contributed by atoms with E-state index in [2.05, 4.69) is 10.6 Å². The molecule has 2 rings (SSSR count). The smallest absolute Gasteiger partial charge is 0.270 e. The lowest BCUT2D eigenvalue weighted by atomic mass is 10.1. The minimum absolute atomic E-state index is 0.0398. The third kappa shape index (κ3) is 4.80. The molecule has 0 bridgehead atoms. The van der Waals surface area contributed by atoms with E-state index in [1.165, 1.54) is 12.1 Å². The second-order valence-electron chi connectivity index (χ2n) is 5.53. The summed E-state index contributed by atoms with van der Waals surface area (Å²) >= 11 is 5.99. The lowest BCUT2D eigenvalue weighted by molar-refractivity contribution is -0.384. The average Bonchev–Trinajstić information content (AvgIpc) is 2.62. The molecule has 0 aliphatic rings. The second-order valence-corrected chi connectivity index (χ2v) is 5.94. The number of nitro benzene ring substituents is 1. The monoisotopic (exact) mass is 375 g/mol. The summed E-state index contributed by atoms with van der Waals surface area (Å²) in [6.07, 6.45) is 1.80. The Labute approximate surface area is 155 Å². The molecule has 0 heterocycles. The zero-order chi connectivity index (χ0) is 19.1. The lowest BCUT2D eigenvalue weighted by Gasteiger charge is -2.12. The van der Waals surface area contributed by atoms with Gasteiger partial charge < -0.3 is 10.6 Å². The summed E-state index contributed by atoms with van der Waals surface area (Å²) < 4.78 is 0. The topological polar surface area (TPSA) is 101 Å². The van der Waals surface area contributed by atoms with E-state index < -0.39 is 10.8 Å². The number of hydrogen-bond donors (Lipinski definition) is 2. The largest absolute Gasteiger partial charge is 0.352 e. The number of nitrogens with zero attached hydrogens (tertiary/aromatic N) is 1. The van der Waals surface area contributed by atoms with Crippen LogP contribution in [0.2, 0.25) is 5.02 Å². The summed E-state index contributed by atoms with van der Waals surface area (Å²) in [7, 11) is 0. The molecular formula is C18H18ClN3O4. The number of halogens is 1. The van der Waals surface area contributed by atoms with Crippen molar-refractivity contribution in [3.63, 3.8) is 0 Å². The van der Waals surface area contributed by atoms with E-state index in [-0.39, 0.29) is 22.2 Å². The highest BCUT2D eigenvalue weighted by atomic mass is 35.5. The molecule has 0 aliphatic carbocycles. The number of unbranched alkanes of at least 4 members (excludes halogenated alkanes) is 1. The first-order chi connectivity index (χ1) is 12.4. The number of anilines is 1. The first kappa shape index (κ1) is 19.4. The molecular weight excluding hydrogens is 358 g/mol. The van der Waals surface area contributed by atoms with Crippen molar-refractivity contribution >= 4 is 34.8 Å². The molecule has 0 fully saturated rings. The lowest BCUT2D eigenvalue weighted by Crippen LogP contribution is -2.26. The highest BCUT2D eigenvalue weighted by Gasteiger charge is 2.18. The van der Waals surface area contributed by atoms with E-state index >= 15 is 0 Å². The van der Waals surface area contributed by atoms with E-state index in [9.17, 15) is 19.7 Å². The zero-order valence-corrected chi connectivity index (χ0v) is 14.9. The van der Waals surface area contributed by atoms with Crippen LogP contribution in [0.15, 0.2) is 42.5 Å². The van der Waals surface area contributed by atoms with Gasteiger partial charge in [-0.15, -0.1) is 0 Å². The Balaban J connectivity index is 2.23. The fourth-order valence-corrected chi connectivity index (χ4v) is 2.46. The van der Waals surface area contributed by atoms with E-state index in [0.29, 0.717) is 17.8 Å². The Morgan fingerprint density at radius 3 is 2.54 bits per heavy atom. The molecule has 8 heteroatoms. The van der Waals surface area contributed by atoms with Crippen LogP contribution in [0.5, 0.6) is 0 Å². The van der Waals surface area contributed by atoms with Gasteiger partial charge >= 0.3 is 0 Å². The third-order valence-corrected chi connectivity index (χ3v) is 3.97. The Kier molecular flexibility index (Phi) is 6.68. The summed E-state index contributed by atoms with van der Waals surface area (Å²) in [6.45, 7) is 2.55. The highest BCUT2D eigenvalue weighted by Crippen LogP contribution is 2.24. The molecule has 2 N–H and O–H groups in total. The zero-order valence-electron chi connectivity index (χ0n) is 14.1. The third-order valence-electron chi connectivity index (χ3n) is 3.64. The molecule has 0 spiro atoms. The van der Waals surface area contributed by atoms with Gasteiger partial charge in [-0.1, -0.05) is 37.1 Å². The molecule has 0 unspecified atom stereocenters. The number of rotatable bonds is 7. The first-order valence-corrected chi connectivity index (χ1v) is 8.44. The van der Waals surface area contributed by atoms with Gasteiger partial charge in [0.1, 0.15) is 0 Å². The van der Waals surface area contributed by atoms with Crippen molar-refractivity contribution in [1.82, 2.24) is 5.32 Å². The number of amides is 2. The van der Waals surface area contributed by atoms with Crippen LogP contribution in [-0.2, 0) is 0 Å². The summed E-state index contributed by atoms with van der Waals surface area (Å²) in [6, 6.07) is 10.1. The van der Waals surface area contributed by atoms with E-state index in [4.69, 9.17) is 11.6 Å². The summed E-state index contributed by atoms with van der Waals surface area (Å²) in [5.41, 5.74) is 0.319.